The first-order valence-corrected chi connectivity index (χ1v) is 12.5. The van der Waals surface area contributed by atoms with Gasteiger partial charge in [0.15, 0.2) is 0 Å². The van der Waals surface area contributed by atoms with Gasteiger partial charge in [-0.15, -0.1) is 0 Å². The van der Waals surface area contributed by atoms with E-state index in [0.717, 1.165) is 48.1 Å². The molecule has 5 saturated carbocycles. The molecule has 164 valence electrons. The number of nitrogens with two attached hydrogens (primary N) is 1. The van der Waals surface area contributed by atoms with Crippen LogP contribution in [0.15, 0.2) is 12.2 Å². The highest BCUT2D eigenvalue weighted by Crippen LogP contribution is 2.76. The van der Waals surface area contributed by atoms with E-state index in [1.165, 1.54) is 37.7 Å². The highest BCUT2D eigenvalue weighted by atomic mass is 16.7. The summed E-state index contributed by atoms with van der Waals surface area (Å²) in [5.41, 5.74) is 5.53. The molecule has 9 atom stereocenters. The van der Waals surface area contributed by atoms with E-state index >= 15 is 0 Å². The van der Waals surface area contributed by atoms with Crippen LogP contribution in [0.1, 0.15) is 78.6 Å². The fourth-order valence-corrected chi connectivity index (χ4v) is 9.13. The van der Waals surface area contributed by atoms with Crippen LogP contribution in [0.4, 0.5) is 0 Å². The molecular weight excluding hydrogens is 358 g/mol. The van der Waals surface area contributed by atoms with Gasteiger partial charge < -0.3 is 0 Å². The number of rotatable bonds is 7. The van der Waals surface area contributed by atoms with Crippen LogP contribution in [0, 0.1) is 46.3 Å². The minimum atomic E-state index is -0.143. The van der Waals surface area contributed by atoms with Gasteiger partial charge in [0.1, 0.15) is 6.23 Å². The van der Waals surface area contributed by atoms with Gasteiger partial charge in [-0.1, -0.05) is 26.0 Å². The molecule has 0 bridgehead atoms. The van der Waals surface area contributed by atoms with Crippen LogP contribution in [0.3, 0.4) is 0 Å². The molecule has 0 saturated heterocycles. The molecule has 1 spiro atoms. The van der Waals surface area contributed by atoms with Crippen LogP contribution in [0.2, 0.25) is 0 Å². The third-order valence-electron chi connectivity index (χ3n) is 10.5. The molecule has 0 amide bonds. The van der Waals surface area contributed by atoms with Gasteiger partial charge in [0.25, 0.3) is 0 Å². The first-order valence-electron chi connectivity index (χ1n) is 12.5. The summed E-state index contributed by atoms with van der Waals surface area (Å²) < 4.78 is 0. The standard InChI is InChI=1S/C25H43N3O/c1-5-27-29-17(3)28(26)15-16(2)21-8-9-22-19-11-13-25-14-18(25)6-7-23(25)20(19)10-12-24(21,22)4/h17-23,27H,2,5-15,26H2,1,3-4H3/t17?,18-,19?,20?,21?,22?,23?,24?,25?/m1/s1. The van der Waals surface area contributed by atoms with Crippen molar-refractivity contribution in [3.8, 4) is 0 Å². The van der Waals surface area contributed by atoms with Gasteiger partial charge in [-0.25, -0.2) is 10.5 Å². The van der Waals surface area contributed by atoms with Crippen LogP contribution in [0.25, 0.3) is 0 Å². The van der Waals surface area contributed by atoms with Gasteiger partial charge in [-0.3, -0.25) is 10.7 Å². The number of hydroxylamine groups is 1. The molecule has 0 aromatic carbocycles. The number of nitrogens with zero attached hydrogens (tertiary/aromatic N) is 1. The average Bonchev–Trinajstić information content (AvgIpc) is 3.08. The van der Waals surface area contributed by atoms with E-state index in [1.54, 1.807) is 25.7 Å². The van der Waals surface area contributed by atoms with Crippen molar-refractivity contribution in [2.45, 2.75) is 84.8 Å². The average molecular weight is 402 g/mol. The normalized spacial score (nSPS) is 48.6. The van der Waals surface area contributed by atoms with Crippen LogP contribution in [0.5, 0.6) is 0 Å². The minimum Gasteiger partial charge on any atom is -0.282 e. The van der Waals surface area contributed by atoms with Gasteiger partial charge in [0, 0.05) is 13.1 Å². The van der Waals surface area contributed by atoms with Gasteiger partial charge in [-0.05, 0) is 111 Å². The van der Waals surface area contributed by atoms with E-state index in [9.17, 15) is 0 Å². The molecule has 3 N–H and O–H groups in total. The number of hydrazine groups is 1. The summed E-state index contributed by atoms with van der Waals surface area (Å²) in [5.74, 6) is 12.1. The first kappa shape index (κ1) is 20.5. The monoisotopic (exact) mass is 401 g/mol. The zero-order valence-electron chi connectivity index (χ0n) is 19.0. The lowest BCUT2D eigenvalue weighted by Gasteiger charge is -2.55. The molecule has 5 aliphatic carbocycles. The Hall–Kier alpha value is -0.420. The molecular formula is C25H43N3O. The van der Waals surface area contributed by atoms with Crippen molar-refractivity contribution in [2.75, 3.05) is 13.1 Å². The lowest BCUT2D eigenvalue weighted by atomic mass is 9.50. The second-order valence-corrected chi connectivity index (χ2v) is 11.5. The van der Waals surface area contributed by atoms with Crippen molar-refractivity contribution in [3.05, 3.63) is 12.2 Å². The van der Waals surface area contributed by atoms with Crippen LogP contribution in [-0.2, 0) is 4.84 Å². The van der Waals surface area contributed by atoms with Crippen molar-refractivity contribution >= 4 is 0 Å². The Labute approximate surface area is 177 Å². The van der Waals surface area contributed by atoms with Crippen molar-refractivity contribution in [1.29, 1.82) is 0 Å². The lowest BCUT2D eigenvalue weighted by Crippen LogP contribution is -2.49. The summed E-state index contributed by atoms with van der Waals surface area (Å²) in [4.78, 5) is 5.58. The quantitative estimate of drug-likeness (QED) is 0.276. The van der Waals surface area contributed by atoms with E-state index in [-0.39, 0.29) is 6.23 Å². The van der Waals surface area contributed by atoms with Crippen molar-refractivity contribution in [1.82, 2.24) is 10.5 Å². The molecule has 4 heteroatoms. The van der Waals surface area contributed by atoms with E-state index in [2.05, 4.69) is 19.0 Å². The number of hydrogen-bond donors (Lipinski definition) is 2. The largest absolute Gasteiger partial charge is 0.282 e. The molecule has 5 fully saturated rings. The molecule has 0 aliphatic heterocycles. The number of fused-ring (bicyclic) bond motifs is 4. The Morgan fingerprint density at radius 1 is 1.14 bits per heavy atom. The van der Waals surface area contributed by atoms with Gasteiger partial charge in [0.2, 0.25) is 0 Å². The third kappa shape index (κ3) is 3.08. The summed E-state index contributed by atoms with van der Waals surface area (Å²) in [6.07, 6.45) is 13.2. The predicted octanol–water partition coefficient (Wildman–Crippen LogP) is 4.87. The first-order chi connectivity index (χ1) is 13.9. The molecule has 8 unspecified atom stereocenters. The summed E-state index contributed by atoms with van der Waals surface area (Å²) >= 11 is 0. The minimum absolute atomic E-state index is 0.143. The Kier molecular flexibility index (Phi) is 5.17. The van der Waals surface area contributed by atoms with Crippen molar-refractivity contribution in [3.63, 3.8) is 0 Å². The Morgan fingerprint density at radius 2 is 1.86 bits per heavy atom. The maximum absolute atomic E-state index is 6.33. The van der Waals surface area contributed by atoms with Crippen LogP contribution < -0.4 is 11.3 Å². The van der Waals surface area contributed by atoms with Gasteiger partial charge in [0.05, 0.1) is 0 Å². The lowest BCUT2D eigenvalue weighted by molar-refractivity contribution is -0.0982. The molecule has 0 aromatic heterocycles. The molecule has 0 radical (unpaired) electrons. The van der Waals surface area contributed by atoms with Crippen molar-refractivity contribution in [2.24, 2.45) is 52.2 Å². The van der Waals surface area contributed by atoms with Crippen LogP contribution >= 0.6 is 0 Å². The molecule has 0 aromatic rings. The van der Waals surface area contributed by atoms with Gasteiger partial charge >= 0.3 is 0 Å². The summed E-state index contributed by atoms with van der Waals surface area (Å²) in [5, 5.41) is 1.81. The third-order valence-corrected chi connectivity index (χ3v) is 10.5. The zero-order chi connectivity index (χ0) is 20.4. The fraction of sp³-hybridized carbons (Fsp3) is 0.920. The SMILES string of the molecule is C=C(CN(N)C(C)ONCC)C1CCC2C3CCC45C[C@H]4CCC5C3CCC12C. The van der Waals surface area contributed by atoms with Crippen molar-refractivity contribution < 1.29 is 4.84 Å². The van der Waals surface area contributed by atoms with Gasteiger partial charge in [-0.2, -0.15) is 0 Å². The summed E-state index contributed by atoms with van der Waals surface area (Å²) in [6.45, 7) is 12.7. The second-order valence-electron chi connectivity index (χ2n) is 11.5. The fourth-order valence-electron chi connectivity index (χ4n) is 9.13. The highest BCUT2D eigenvalue weighted by molar-refractivity contribution is 5.20. The Morgan fingerprint density at radius 3 is 2.62 bits per heavy atom. The second kappa shape index (κ2) is 7.32. The molecule has 29 heavy (non-hydrogen) atoms. The zero-order valence-corrected chi connectivity index (χ0v) is 19.0. The highest BCUT2D eigenvalue weighted by Gasteiger charge is 2.68. The number of hydrogen-bond acceptors (Lipinski definition) is 4. The molecule has 4 nitrogen and oxygen atoms in total. The number of nitrogens with one attached hydrogen (secondary N) is 1. The van der Waals surface area contributed by atoms with E-state index in [0.29, 0.717) is 11.3 Å². The van der Waals surface area contributed by atoms with E-state index < -0.39 is 0 Å². The summed E-state index contributed by atoms with van der Waals surface area (Å²) in [7, 11) is 0. The summed E-state index contributed by atoms with van der Waals surface area (Å²) in [6, 6.07) is 0. The Bertz CT molecular complexity index is 652. The Balaban J connectivity index is 1.25. The maximum Gasteiger partial charge on any atom is 0.141 e. The topological polar surface area (TPSA) is 50.5 Å². The van der Waals surface area contributed by atoms with E-state index in [4.69, 9.17) is 10.7 Å². The molecule has 0 heterocycles. The molecule has 5 aliphatic rings. The molecule has 5 rings (SSSR count). The maximum atomic E-state index is 6.33. The predicted molar refractivity (Wildman–Crippen MR) is 117 cm³/mol. The van der Waals surface area contributed by atoms with E-state index in [1.807, 2.05) is 18.9 Å². The van der Waals surface area contributed by atoms with Crippen LogP contribution in [-0.4, -0.2) is 24.3 Å². The smallest absolute Gasteiger partial charge is 0.141 e.